The number of furan rings is 1. The molecule has 0 aromatic carbocycles. The molecule has 1 aromatic rings. The van der Waals surface area contributed by atoms with Crippen molar-refractivity contribution < 1.29 is 4.42 Å². The summed E-state index contributed by atoms with van der Waals surface area (Å²) in [7, 11) is 0. The van der Waals surface area contributed by atoms with E-state index in [2.05, 4.69) is 28.9 Å². The number of hydrogen-bond donors (Lipinski definition) is 0. The maximum atomic E-state index is 5.22. The van der Waals surface area contributed by atoms with Crippen LogP contribution < -0.4 is 0 Å². The molecule has 1 nitrogen and oxygen atoms in total. The lowest BCUT2D eigenvalue weighted by Gasteiger charge is -2.02. The van der Waals surface area contributed by atoms with Crippen LogP contribution in [0.25, 0.3) is 0 Å². The summed E-state index contributed by atoms with van der Waals surface area (Å²) in [5.74, 6) is 0. The lowest BCUT2D eigenvalue weighted by atomic mass is 10.0. The van der Waals surface area contributed by atoms with E-state index in [1.54, 1.807) is 6.26 Å². The Hall–Kier alpha value is -0.240. The van der Waals surface area contributed by atoms with Crippen molar-refractivity contribution in [1.29, 1.82) is 0 Å². The molecule has 18 heavy (non-hydrogen) atoms. The first kappa shape index (κ1) is 15.8. The number of halogens is 1. The minimum Gasteiger partial charge on any atom is -0.457 e. The average Bonchev–Trinajstić information content (AvgIpc) is 2.77. The molecule has 0 radical (unpaired) electrons. The molecule has 0 spiro atoms. The molecule has 0 aliphatic carbocycles. The second-order valence-electron chi connectivity index (χ2n) is 5.15. The number of unbranched alkanes of at least 4 members (excludes halogenated alkanes) is 9. The molecule has 104 valence electrons. The fourth-order valence-corrected chi connectivity index (χ4v) is 2.74. The lowest BCUT2D eigenvalue weighted by Crippen LogP contribution is -1.85. The monoisotopic (exact) mass is 314 g/mol. The SMILES string of the molecule is CCCCCCCCCCCCc1ccoc1Br. The Kier molecular flexibility index (Phi) is 9.37. The van der Waals surface area contributed by atoms with Crippen LogP contribution in [0.15, 0.2) is 21.4 Å². The van der Waals surface area contributed by atoms with Crippen LogP contribution in [0.3, 0.4) is 0 Å². The Labute approximate surface area is 120 Å². The van der Waals surface area contributed by atoms with Crippen molar-refractivity contribution in [1.82, 2.24) is 0 Å². The summed E-state index contributed by atoms with van der Waals surface area (Å²) in [5, 5.41) is 0. The van der Waals surface area contributed by atoms with Gasteiger partial charge in [0.1, 0.15) is 0 Å². The van der Waals surface area contributed by atoms with Crippen LogP contribution in [0.5, 0.6) is 0 Å². The second kappa shape index (κ2) is 10.7. The Bertz CT molecular complexity index is 293. The van der Waals surface area contributed by atoms with Crippen molar-refractivity contribution in [2.75, 3.05) is 0 Å². The van der Waals surface area contributed by atoms with Gasteiger partial charge in [0.2, 0.25) is 0 Å². The van der Waals surface area contributed by atoms with Crippen LogP contribution in [0.4, 0.5) is 0 Å². The summed E-state index contributed by atoms with van der Waals surface area (Å²) < 4.78 is 6.14. The van der Waals surface area contributed by atoms with Crippen molar-refractivity contribution in [3.05, 3.63) is 22.6 Å². The van der Waals surface area contributed by atoms with Gasteiger partial charge in [0.25, 0.3) is 0 Å². The molecule has 0 saturated carbocycles. The van der Waals surface area contributed by atoms with Gasteiger partial charge in [0.05, 0.1) is 6.26 Å². The molecular weight excluding hydrogens is 288 g/mol. The third kappa shape index (κ3) is 7.25. The first-order valence-electron chi connectivity index (χ1n) is 7.56. The molecule has 1 aromatic heterocycles. The third-order valence-corrected chi connectivity index (χ3v) is 4.19. The number of rotatable bonds is 11. The van der Waals surface area contributed by atoms with Gasteiger partial charge in [-0.3, -0.25) is 0 Å². The van der Waals surface area contributed by atoms with Crippen molar-refractivity contribution in [2.45, 2.75) is 77.6 Å². The smallest absolute Gasteiger partial charge is 0.172 e. The van der Waals surface area contributed by atoms with E-state index < -0.39 is 0 Å². The van der Waals surface area contributed by atoms with Gasteiger partial charge in [-0.25, -0.2) is 0 Å². The van der Waals surface area contributed by atoms with Crippen LogP contribution in [-0.2, 0) is 6.42 Å². The Morgan fingerprint density at radius 2 is 1.44 bits per heavy atom. The molecule has 0 N–H and O–H groups in total. The van der Waals surface area contributed by atoms with Crippen molar-refractivity contribution >= 4 is 15.9 Å². The Balaban J connectivity index is 1.83. The highest BCUT2D eigenvalue weighted by Gasteiger charge is 2.01. The first-order chi connectivity index (χ1) is 8.84. The standard InChI is InChI=1S/C16H27BrO/c1-2-3-4-5-6-7-8-9-10-11-12-15-13-14-18-16(15)17/h13-14H,2-12H2,1H3. The molecule has 1 heterocycles. The zero-order valence-corrected chi connectivity index (χ0v) is 13.3. The van der Waals surface area contributed by atoms with Crippen LogP contribution in [0, 0.1) is 0 Å². The fraction of sp³-hybridized carbons (Fsp3) is 0.750. The molecule has 0 unspecified atom stereocenters. The highest BCUT2D eigenvalue weighted by molar-refractivity contribution is 9.10. The molecule has 0 saturated heterocycles. The summed E-state index contributed by atoms with van der Waals surface area (Å²) in [5.41, 5.74) is 1.31. The molecule has 0 atom stereocenters. The third-order valence-electron chi connectivity index (χ3n) is 3.49. The van der Waals surface area contributed by atoms with E-state index in [9.17, 15) is 0 Å². The quantitative estimate of drug-likeness (QED) is 0.424. The number of hydrogen-bond acceptors (Lipinski definition) is 1. The lowest BCUT2D eigenvalue weighted by molar-refractivity contribution is 0.532. The fourth-order valence-electron chi connectivity index (χ4n) is 2.30. The van der Waals surface area contributed by atoms with Crippen LogP contribution in [0.2, 0.25) is 0 Å². The minimum atomic E-state index is 0.915. The summed E-state index contributed by atoms with van der Waals surface area (Å²) in [4.78, 5) is 0. The number of aryl methyl sites for hydroxylation is 1. The largest absolute Gasteiger partial charge is 0.457 e. The van der Waals surface area contributed by atoms with E-state index in [1.807, 2.05) is 0 Å². The Morgan fingerprint density at radius 1 is 0.889 bits per heavy atom. The van der Waals surface area contributed by atoms with E-state index in [0.717, 1.165) is 11.1 Å². The first-order valence-corrected chi connectivity index (χ1v) is 8.35. The summed E-state index contributed by atoms with van der Waals surface area (Å²) >= 11 is 3.42. The summed E-state index contributed by atoms with van der Waals surface area (Å²) in [6.07, 6.45) is 16.9. The van der Waals surface area contributed by atoms with Gasteiger partial charge < -0.3 is 4.42 Å². The van der Waals surface area contributed by atoms with Crippen LogP contribution in [0.1, 0.15) is 76.7 Å². The van der Waals surface area contributed by atoms with Gasteiger partial charge in [-0.15, -0.1) is 0 Å². The van der Waals surface area contributed by atoms with Gasteiger partial charge in [-0.2, -0.15) is 0 Å². The molecule has 0 aliphatic heterocycles. The van der Waals surface area contributed by atoms with Gasteiger partial charge in [0.15, 0.2) is 4.67 Å². The maximum Gasteiger partial charge on any atom is 0.172 e. The van der Waals surface area contributed by atoms with Gasteiger partial charge in [-0.05, 0) is 34.8 Å². The zero-order valence-electron chi connectivity index (χ0n) is 11.7. The molecule has 2 heteroatoms. The average molecular weight is 315 g/mol. The predicted molar refractivity (Wildman–Crippen MR) is 82.0 cm³/mol. The van der Waals surface area contributed by atoms with E-state index in [1.165, 1.54) is 69.8 Å². The van der Waals surface area contributed by atoms with Gasteiger partial charge >= 0.3 is 0 Å². The highest BCUT2D eigenvalue weighted by Crippen LogP contribution is 2.20. The van der Waals surface area contributed by atoms with Gasteiger partial charge in [-0.1, -0.05) is 64.7 Å². The molecule has 1 rings (SSSR count). The van der Waals surface area contributed by atoms with Crippen molar-refractivity contribution in [2.24, 2.45) is 0 Å². The van der Waals surface area contributed by atoms with E-state index in [0.29, 0.717) is 0 Å². The normalized spacial score (nSPS) is 11.0. The molecular formula is C16H27BrO. The molecule has 0 bridgehead atoms. The van der Waals surface area contributed by atoms with Crippen molar-refractivity contribution in [3.63, 3.8) is 0 Å². The molecule has 0 amide bonds. The van der Waals surface area contributed by atoms with Gasteiger partial charge in [0, 0.05) is 5.56 Å². The van der Waals surface area contributed by atoms with E-state index in [-0.39, 0.29) is 0 Å². The zero-order chi connectivity index (χ0) is 13.1. The van der Waals surface area contributed by atoms with Crippen LogP contribution >= 0.6 is 15.9 Å². The topological polar surface area (TPSA) is 13.1 Å². The van der Waals surface area contributed by atoms with E-state index >= 15 is 0 Å². The second-order valence-corrected chi connectivity index (χ2v) is 5.87. The molecule has 0 fully saturated rings. The van der Waals surface area contributed by atoms with Crippen LogP contribution in [-0.4, -0.2) is 0 Å². The van der Waals surface area contributed by atoms with Crippen molar-refractivity contribution in [3.8, 4) is 0 Å². The summed E-state index contributed by atoms with van der Waals surface area (Å²) in [6.45, 7) is 2.28. The highest BCUT2D eigenvalue weighted by atomic mass is 79.9. The molecule has 0 aliphatic rings. The van der Waals surface area contributed by atoms with E-state index in [4.69, 9.17) is 4.42 Å². The predicted octanol–water partition coefficient (Wildman–Crippen LogP) is 6.51. The maximum absolute atomic E-state index is 5.22. The minimum absolute atomic E-state index is 0.915. The summed E-state index contributed by atoms with van der Waals surface area (Å²) in [6, 6.07) is 2.07. The Morgan fingerprint density at radius 3 is 1.94 bits per heavy atom.